The molecule has 0 saturated carbocycles. The second-order valence-corrected chi connectivity index (χ2v) is 5.78. The molecule has 98 valence electrons. The summed E-state index contributed by atoms with van der Waals surface area (Å²) in [4.78, 5) is 27.3. The molecule has 18 heavy (non-hydrogen) atoms. The zero-order valence-electron chi connectivity index (χ0n) is 9.96. The second kappa shape index (κ2) is 5.49. The molecule has 8 heteroatoms. The Morgan fingerprint density at radius 1 is 1.56 bits per heavy atom. The van der Waals surface area contributed by atoms with Gasteiger partial charge in [0.15, 0.2) is 0 Å². The lowest BCUT2D eigenvalue weighted by Crippen LogP contribution is -2.50. The summed E-state index contributed by atoms with van der Waals surface area (Å²) in [5.74, 6) is 0.625. The number of amides is 2. The van der Waals surface area contributed by atoms with Crippen molar-refractivity contribution in [2.45, 2.75) is 24.1 Å². The quantitative estimate of drug-likeness (QED) is 0.467. The molecule has 2 heterocycles. The number of azide groups is 1. The van der Waals surface area contributed by atoms with Crippen molar-refractivity contribution in [3.63, 3.8) is 0 Å². The second-order valence-electron chi connectivity index (χ2n) is 4.42. The SMILES string of the molecule is [N-]=[N+]=NCCC(=O)N1CCC2(CC1)NC(=O)CS2. The standard InChI is InChI=1S/C10H15N5O2S/c11-14-12-4-1-9(17)15-5-2-10(3-6-15)13-8(16)7-18-10/h1-7H2,(H,13,16). The van der Waals surface area contributed by atoms with Crippen LogP contribution in [0.4, 0.5) is 0 Å². The Kier molecular flexibility index (Phi) is 3.98. The van der Waals surface area contributed by atoms with E-state index in [4.69, 9.17) is 5.53 Å². The van der Waals surface area contributed by atoms with Crippen molar-refractivity contribution in [2.24, 2.45) is 5.11 Å². The van der Waals surface area contributed by atoms with Crippen molar-refractivity contribution < 1.29 is 9.59 Å². The van der Waals surface area contributed by atoms with Crippen LogP contribution in [-0.4, -0.2) is 47.0 Å². The fourth-order valence-electron chi connectivity index (χ4n) is 2.27. The summed E-state index contributed by atoms with van der Waals surface area (Å²) < 4.78 is 0. The van der Waals surface area contributed by atoms with Crippen LogP contribution >= 0.6 is 11.8 Å². The van der Waals surface area contributed by atoms with E-state index >= 15 is 0 Å². The molecule has 2 amide bonds. The first-order valence-electron chi connectivity index (χ1n) is 5.89. The van der Waals surface area contributed by atoms with E-state index < -0.39 is 0 Å². The monoisotopic (exact) mass is 269 g/mol. The molecule has 2 saturated heterocycles. The number of thioether (sulfide) groups is 1. The molecule has 7 nitrogen and oxygen atoms in total. The third kappa shape index (κ3) is 2.88. The van der Waals surface area contributed by atoms with Crippen LogP contribution in [0.15, 0.2) is 5.11 Å². The van der Waals surface area contributed by atoms with E-state index in [9.17, 15) is 9.59 Å². The van der Waals surface area contributed by atoms with Gasteiger partial charge >= 0.3 is 0 Å². The zero-order valence-corrected chi connectivity index (χ0v) is 10.8. The number of likely N-dealkylation sites (tertiary alicyclic amines) is 1. The van der Waals surface area contributed by atoms with Crippen LogP contribution in [0.3, 0.4) is 0 Å². The van der Waals surface area contributed by atoms with Crippen molar-refractivity contribution >= 4 is 23.6 Å². The third-order valence-electron chi connectivity index (χ3n) is 3.26. The van der Waals surface area contributed by atoms with Crippen LogP contribution < -0.4 is 5.32 Å². The Morgan fingerprint density at radius 3 is 2.83 bits per heavy atom. The van der Waals surface area contributed by atoms with Crippen LogP contribution in [0.25, 0.3) is 10.4 Å². The first-order valence-corrected chi connectivity index (χ1v) is 6.87. The topological polar surface area (TPSA) is 98.2 Å². The van der Waals surface area contributed by atoms with Crippen molar-refractivity contribution in [3.8, 4) is 0 Å². The molecular formula is C10H15N5O2S. The van der Waals surface area contributed by atoms with E-state index in [1.807, 2.05) is 0 Å². The van der Waals surface area contributed by atoms with Crippen molar-refractivity contribution in [2.75, 3.05) is 25.4 Å². The lowest BCUT2D eigenvalue weighted by Gasteiger charge is -2.38. The van der Waals surface area contributed by atoms with Crippen molar-refractivity contribution in [3.05, 3.63) is 10.4 Å². The maximum Gasteiger partial charge on any atom is 0.231 e. The Bertz CT molecular complexity index is 399. The van der Waals surface area contributed by atoms with Gasteiger partial charge in [0, 0.05) is 31.0 Å². The van der Waals surface area contributed by atoms with Gasteiger partial charge in [-0.2, -0.15) is 0 Å². The van der Waals surface area contributed by atoms with Gasteiger partial charge in [-0.1, -0.05) is 5.11 Å². The summed E-state index contributed by atoms with van der Waals surface area (Å²) in [6.45, 7) is 1.52. The summed E-state index contributed by atoms with van der Waals surface area (Å²) in [6.07, 6.45) is 1.84. The lowest BCUT2D eigenvalue weighted by atomic mass is 10.0. The van der Waals surface area contributed by atoms with Crippen LogP contribution in [0.1, 0.15) is 19.3 Å². The molecule has 0 aliphatic carbocycles. The third-order valence-corrected chi connectivity index (χ3v) is 4.73. The van der Waals surface area contributed by atoms with Gasteiger partial charge in [-0.25, -0.2) is 0 Å². The van der Waals surface area contributed by atoms with Gasteiger partial charge in [0.25, 0.3) is 0 Å². The molecule has 0 radical (unpaired) electrons. The van der Waals surface area contributed by atoms with E-state index in [-0.39, 0.29) is 29.7 Å². The van der Waals surface area contributed by atoms with Gasteiger partial charge < -0.3 is 10.2 Å². The number of carbonyl (C=O) groups is 2. The van der Waals surface area contributed by atoms with Crippen LogP contribution in [-0.2, 0) is 9.59 Å². The molecule has 2 aliphatic rings. The Balaban J connectivity index is 1.81. The molecule has 0 aromatic carbocycles. The number of piperidine rings is 1. The summed E-state index contributed by atoms with van der Waals surface area (Å²) in [5, 5.41) is 6.36. The smallest absolute Gasteiger partial charge is 0.231 e. The van der Waals surface area contributed by atoms with Crippen LogP contribution in [0, 0.1) is 0 Å². The molecule has 2 fully saturated rings. The predicted octanol–water partition coefficient (Wildman–Crippen LogP) is 0.869. The van der Waals surface area contributed by atoms with Gasteiger partial charge in [-0.3, -0.25) is 9.59 Å². The highest BCUT2D eigenvalue weighted by atomic mass is 32.2. The van der Waals surface area contributed by atoms with Gasteiger partial charge in [0.1, 0.15) is 0 Å². The minimum Gasteiger partial charge on any atom is -0.342 e. The van der Waals surface area contributed by atoms with Gasteiger partial charge in [0.05, 0.1) is 10.6 Å². The largest absolute Gasteiger partial charge is 0.342 e. The summed E-state index contributed by atoms with van der Waals surface area (Å²) in [6, 6.07) is 0. The average Bonchev–Trinajstić information content (AvgIpc) is 2.72. The molecule has 1 spiro atoms. The number of hydrogen-bond acceptors (Lipinski definition) is 4. The van der Waals surface area contributed by atoms with Crippen LogP contribution in [0.2, 0.25) is 0 Å². The van der Waals surface area contributed by atoms with Crippen molar-refractivity contribution in [1.29, 1.82) is 0 Å². The van der Waals surface area contributed by atoms with E-state index in [0.29, 0.717) is 18.8 Å². The molecular weight excluding hydrogens is 254 g/mol. The van der Waals surface area contributed by atoms with Gasteiger partial charge in [0.2, 0.25) is 11.8 Å². The molecule has 0 atom stereocenters. The molecule has 2 aliphatic heterocycles. The normalized spacial score (nSPS) is 21.6. The fraction of sp³-hybridized carbons (Fsp3) is 0.800. The first-order chi connectivity index (χ1) is 8.65. The Labute approximate surface area is 109 Å². The van der Waals surface area contributed by atoms with Crippen molar-refractivity contribution in [1.82, 2.24) is 10.2 Å². The highest BCUT2D eigenvalue weighted by Crippen LogP contribution is 2.37. The maximum atomic E-state index is 11.8. The molecule has 2 rings (SSSR count). The van der Waals surface area contributed by atoms with Crippen LogP contribution in [0.5, 0.6) is 0 Å². The Hall–Kier alpha value is -1.40. The molecule has 0 unspecified atom stereocenters. The van der Waals surface area contributed by atoms with E-state index in [1.54, 1.807) is 16.7 Å². The summed E-state index contributed by atoms with van der Waals surface area (Å²) in [5.41, 5.74) is 8.14. The fourth-order valence-corrected chi connectivity index (χ4v) is 3.40. The van der Waals surface area contributed by atoms with E-state index in [2.05, 4.69) is 15.3 Å². The average molecular weight is 269 g/mol. The van der Waals surface area contributed by atoms with E-state index in [0.717, 1.165) is 12.8 Å². The first kappa shape index (κ1) is 13.0. The van der Waals surface area contributed by atoms with E-state index in [1.165, 1.54) is 0 Å². The Morgan fingerprint density at radius 2 is 2.28 bits per heavy atom. The molecule has 0 aromatic rings. The van der Waals surface area contributed by atoms with Gasteiger partial charge in [-0.05, 0) is 18.4 Å². The lowest BCUT2D eigenvalue weighted by molar-refractivity contribution is -0.132. The highest BCUT2D eigenvalue weighted by Gasteiger charge is 2.41. The highest BCUT2D eigenvalue weighted by molar-refractivity contribution is 8.01. The summed E-state index contributed by atoms with van der Waals surface area (Å²) >= 11 is 1.64. The number of carbonyl (C=O) groups excluding carboxylic acids is 2. The number of hydrogen-bond donors (Lipinski definition) is 1. The molecule has 1 N–H and O–H groups in total. The number of nitrogens with zero attached hydrogens (tertiary/aromatic N) is 4. The minimum atomic E-state index is -0.154. The van der Waals surface area contributed by atoms with Gasteiger partial charge in [-0.15, -0.1) is 11.8 Å². The number of nitrogens with one attached hydrogen (secondary N) is 1. The zero-order chi connectivity index (χ0) is 13.0. The molecule has 0 aromatic heterocycles. The maximum absolute atomic E-state index is 11.8. The number of rotatable bonds is 3. The minimum absolute atomic E-state index is 0.0200. The predicted molar refractivity (Wildman–Crippen MR) is 67.8 cm³/mol. The summed E-state index contributed by atoms with van der Waals surface area (Å²) in [7, 11) is 0. The molecule has 0 bridgehead atoms.